The number of thiophene rings is 1. The molecule has 1 N–H and O–H groups in total. The zero-order valence-electron chi connectivity index (χ0n) is 12.6. The van der Waals surface area contributed by atoms with Crippen LogP contribution in [0.2, 0.25) is 8.67 Å². The van der Waals surface area contributed by atoms with Crippen molar-refractivity contribution < 1.29 is 14.3 Å². The minimum absolute atomic E-state index is 0.114. The van der Waals surface area contributed by atoms with E-state index in [1.807, 2.05) is 13.8 Å². The average molecular weight is 352 g/mol. The molecule has 1 aromatic rings. The van der Waals surface area contributed by atoms with Crippen LogP contribution >= 0.6 is 34.5 Å². The first-order valence-electron chi connectivity index (χ1n) is 6.50. The second-order valence-corrected chi connectivity index (χ2v) is 8.25. The van der Waals surface area contributed by atoms with Gasteiger partial charge in [0.2, 0.25) is 0 Å². The van der Waals surface area contributed by atoms with Gasteiger partial charge in [0.15, 0.2) is 0 Å². The van der Waals surface area contributed by atoms with Crippen LogP contribution in [0.25, 0.3) is 0 Å². The Morgan fingerprint density at radius 3 is 2.24 bits per heavy atom. The zero-order chi connectivity index (χ0) is 16.4. The van der Waals surface area contributed by atoms with Crippen molar-refractivity contribution in [3.63, 3.8) is 0 Å². The van der Waals surface area contributed by atoms with Crippen LogP contribution in [0.3, 0.4) is 0 Å². The Morgan fingerprint density at radius 1 is 1.29 bits per heavy atom. The first-order valence-corrected chi connectivity index (χ1v) is 8.07. The second-order valence-electron chi connectivity index (χ2n) is 5.97. The molecule has 1 aromatic heterocycles. The number of hydrogen-bond donors (Lipinski definition) is 1. The number of rotatable bonds is 4. The van der Waals surface area contributed by atoms with E-state index in [1.54, 1.807) is 20.8 Å². The lowest BCUT2D eigenvalue weighted by atomic mass is 10.0. The monoisotopic (exact) mass is 351 g/mol. The summed E-state index contributed by atoms with van der Waals surface area (Å²) in [7, 11) is 0. The van der Waals surface area contributed by atoms with E-state index in [-0.39, 0.29) is 11.5 Å². The van der Waals surface area contributed by atoms with E-state index in [1.165, 1.54) is 6.07 Å². The van der Waals surface area contributed by atoms with E-state index >= 15 is 0 Å². The van der Waals surface area contributed by atoms with Crippen molar-refractivity contribution in [3.8, 4) is 0 Å². The van der Waals surface area contributed by atoms with E-state index in [9.17, 15) is 9.59 Å². The highest BCUT2D eigenvalue weighted by atomic mass is 35.5. The molecule has 0 aliphatic rings. The van der Waals surface area contributed by atoms with Gasteiger partial charge in [-0.05, 0) is 32.8 Å². The number of esters is 1. The Hall–Kier alpha value is -0.780. The summed E-state index contributed by atoms with van der Waals surface area (Å²) in [5.74, 6) is -1.02. The van der Waals surface area contributed by atoms with Crippen molar-refractivity contribution in [2.75, 3.05) is 0 Å². The third kappa shape index (κ3) is 5.49. The van der Waals surface area contributed by atoms with Crippen LogP contribution in [0.5, 0.6) is 0 Å². The summed E-state index contributed by atoms with van der Waals surface area (Å²) >= 11 is 12.9. The number of amides is 1. The van der Waals surface area contributed by atoms with Crippen molar-refractivity contribution in [2.24, 2.45) is 5.92 Å². The topological polar surface area (TPSA) is 55.4 Å². The lowest BCUT2D eigenvalue weighted by Crippen LogP contribution is -2.47. The molecule has 1 heterocycles. The third-order valence-electron chi connectivity index (χ3n) is 2.52. The van der Waals surface area contributed by atoms with E-state index in [0.29, 0.717) is 8.67 Å². The molecule has 0 aliphatic carbocycles. The van der Waals surface area contributed by atoms with Crippen LogP contribution in [0.4, 0.5) is 0 Å². The number of nitrogens with one attached hydrogen (secondary N) is 1. The van der Waals surface area contributed by atoms with Gasteiger partial charge in [0.05, 0.1) is 9.90 Å². The lowest BCUT2D eigenvalue weighted by Gasteiger charge is -2.26. The zero-order valence-corrected chi connectivity index (χ0v) is 14.9. The molecule has 118 valence electrons. The molecule has 1 atom stereocenters. The number of halogens is 2. The number of hydrogen-bond acceptors (Lipinski definition) is 4. The van der Waals surface area contributed by atoms with E-state index in [0.717, 1.165) is 11.3 Å². The van der Waals surface area contributed by atoms with Crippen molar-refractivity contribution in [3.05, 3.63) is 20.3 Å². The molecule has 0 aromatic carbocycles. The normalized spacial score (nSPS) is 13.1. The van der Waals surface area contributed by atoms with Crippen molar-refractivity contribution in [1.82, 2.24) is 5.32 Å². The van der Waals surface area contributed by atoms with Gasteiger partial charge < -0.3 is 10.1 Å². The second kappa shape index (κ2) is 6.99. The highest BCUT2D eigenvalue weighted by Gasteiger charge is 2.30. The van der Waals surface area contributed by atoms with Crippen molar-refractivity contribution >= 4 is 46.4 Å². The van der Waals surface area contributed by atoms with Crippen LogP contribution in [0.1, 0.15) is 45.0 Å². The van der Waals surface area contributed by atoms with Gasteiger partial charge in [-0.3, -0.25) is 4.79 Å². The van der Waals surface area contributed by atoms with Gasteiger partial charge in [0.1, 0.15) is 16.0 Å². The largest absolute Gasteiger partial charge is 0.458 e. The standard InChI is InChI=1S/C14H19Cl2NO3S/c1-7(2)10(13(19)20-14(3,4)5)17-12(18)8-6-9(15)21-11(8)16/h6-7,10H,1-5H3,(H,17,18)/t10-/m0/s1. The van der Waals surface area contributed by atoms with Gasteiger partial charge >= 0.3 is 5.97 Å². The van der Waals surface area contributed by atoms with Gasteiger partial charge in [0, 0.05) is 0 Å². The first-order chi connectivity index (χ1) is 9.51. The maximum Gasteiger partial charge on any atom is 0.329 e. The molecule has 1 rings (SSSR count). The fraction of sp³-hybridized carbons (Fsp3) is 0.571. The molecular weight excluding hydrogens is 333 g/mol. The van der Waals surface area contributed by atoms with Gasteiger partial charge in [-0.1, -0.05) is 37.0 Å². The Morgan fingerprint density at radius 2 is 1.86 bits per heavy atom. The summed E-state index contributed by atoms with van der Waals surface area (Å²) in [5.41, 5.74) is -0.348. The van der Waals surface area contributed by atoms with Crippen molar-refractivity contribution in [1.29, 1.82) is 0 Å². The highest BCUT2D eigenvalue weighted by Crippen LogP contribution is 2.31. The van der Waals surface area contributed by atoms with Crippen LogP contribution in [0, 0.1) is 5.92 Å². The molecule has 21 heavy (non-hydrogen) atoms. The molecule has 0 spiro atoms. The predicted octanol–water partition coefficient (Wildman–Crippen LogP) is 4.15. The van der Waals surface area contributed by atoms with Crippen LogP contribution in [-0.4, -0.2) is 23.5 Å². The van der Waals surface area contributed by atoms with Crippen molar-refractivity contribution in [2.45, 2.75) is 46.3 Å². The van der Waals surface area contributed by atoms with E-state index < -0.39 is 23.5 Å². The minimum atomic E-state index is -0.744. The fourth-order valence-corrected chi connectivity index (χ4v) is 3.04. The quantitative estimate of drug-likeness (QED) is 0.828. The molecule has 0 radical (unpaired) electrons. The van der Waals surface area contributed by atoms with Gasteiger partial charge in [0.25, 0.3) is 5.91 Å². The van der Waals surface area contributed by atoms with E-state index in [4.69, 9.17) is 27.9 Å². The molecule has 0 fully saturated rings. The molecule has 0 aliphatic heterocycles. The summed E-state index contributed by atoms with van der Waals surface area (Å²) in [6, 6.07) is 0.738. The van der Waals surface area contributed by atoms with Gasteiger partial charge in [-0.2, -0.15) is 0 Å². The highest BCUT2D eigenvalue weighted by molar-refractivity contribution is 7.20. The Kier molecular flexibility index (Phi) is 6.08. The summed E-state index contributed by atoms with van der Waals surface area (Å²) in [6.45, 7) is 8.99. The lowest BCUT2D eigenvalue weighted by molar-refractivity contribution is -0.158. The fourth-order valence-electron chi connectivity index (χ4n) is 1.58. The van der Waals surface area contributed by atoms with Gasteiger partial charge in [-0.25, -0.2) is 4.79 Å². The molecule has 0 saturated carbocycles. The summed E-state index contributed by atoms with van der Waals surface area (Å²) in [5, 5.41) is 2.66. The number of carbonyl (C=O) groups is 2. The third-order valence-corrected chi connectivity index (χ3v) is 4.00. The molecule has 1 amide bonds. The minimum Gasteiger partial charge on any atom is -0.458 e. The SMILES string of the molecule is CC(C)[C@H](NC(=O)c1cc(Cl)sc1Cl)C(=O)OC(C)(C)C. The summed E-state index contributed by atoms with van der Waals surface area (Å²) in [4.78, 5) is 24.4. The number of carbonyl (C=O) groups excluding carboxylic acids is 2. The molecule has 0 unspecified atom stereocenters. The molecule has 0 bridgehead atoms. The maximum absolute atomic E-state index is 12.2. The maximum atomic E-state index is 12.2. The summed E-state index contributed by atoms with van der Waals surface area (Å²) < 4.78 is 6.04. The van der Waals surface area contributed by atoms with Crippen LogP contribution in [-0.2, 0) is 9.53 Å². The van der Waals surface area contributed by atoms with Crippen LogP contribution < -0.4 is 5.32 Å². The average Bonchev–Trinajstić information content (AvgIpc) is 2.62. The molecule has 0 saturated heterocycles. The first kappa shape index (κ1) is 18.3. The Balaban J connectivity index is 2.86. The molecule has 7 heteroatoms. The summed E-state index contributed by atoms with van der Waals surface area (Å²) in [6.07, 6.45) is 0. The molecular formula is C14H19Cl2NO3S. The Labute approximate surface area is 138 Å². The van der Waals surface area contributed by atoms with E-state index in [2.05, 4.69) is 5.32 Å². The smallest absolute Gasteiger partial charge is 0.329 e. The predicted molar refractivity (Wildman–Crippen MR) is 86.3 cm³/mol. The van der Waals surface area contributed by atoms with Gasteiger partial charge in [-0.15, -0.1) is 11.3 Å². The van der Waals surface area contributed by atoms with Crippen LogP contribution in [0.15, 0.2) is 6.07 Å². The Bertz CT molecular complexity index is 535. The number of ether oxygens (including phenoxy) is 1. The molecule has 4 nitrogen and oxygen atoms in total.